The van der Waals surface area contributed by atoms with Gasteiger partial charge in [0, 0.05) is 44.8 Å². The Bertz CT molecular complexity index is 650. The van der Waals surface area contributed by atoms with Crippen LogP contribution in [-0.2, 0) is 9.53 Å². The molecule has 2 N–H and O–H groups in total. The van der Waals surface area contributed by atoms with Crippen molar-refractivity contribution < 1.29 is 18.7 Å². The lowest BCUT2D eigenvalue weighted by molar-refractivity contribution is -0.131. The number of primary amides is 1. The zero-order valence-electron chi connectivity index (χ0n) is 13.8. The summed E-state index contributed by atoms with van der Waals surface area (Å²) in [5, 5.41) is 0. The minimum atomic E-state index is -0.760. The van der Waals surface area contributed by atoms with E-state index < -0.39 is 11.4 Å². The van der Waals surface area contributed by atoms with Crippen LogP contribution in [0, 0.1) is 12.7 Å². The number of amides is 2. The molecule has 1 atom stereocenters. The summed E-state index contributed by atoms with van der Waals surface area (Å²) < 4.78 is 18.8. The number of rotatable bonds is 3. The third-order valence-corrected chi connectivity index (χ3v) is 5.06. The topological polar surface area (TPSA) is 75.9 Å². The van der Waals surface area contributed by atoms with Crippen LogP contribution in [0.15, 0.2) is 18.2 Å². The first-order valence-electron chi connectivity index (χ1n) is 8.12. The van der Waals surface area contributed by atoms with Gasteiger partial charge in [0.05, 0.1) is 6.61 Å². The minimum absolute atomic E-state index is 0.178. The van der Waals surface area contributed by atoms with Crippen LogP contribution >= 0.6 is 0 Å². The molecule has 3 rings (SSSR count). The molecule has 2 amide bonds. The molecular formula is C17H22FN3O3. The molecule has 1 aromatic rings. The monoisotopic (exact) mass is 335 g/mol. The molecule has 130 valence electrons. The van der Waals surface area contributed by atoms with Crippen molar-refractivity contribution in [2.45, 2.75) is 18.9 Å². The SMILES string of the molecule is Cc1ccc(F)cc1C(=O)N1CCN(C2(C(N)=O)CCOC2)CC1. The summed E-state index contributed by atoms with van der Waals surface area (Å²) >= 11 is 0. The summed E-state index contributed by atoms with van der Waals surface area (Å²) in [7, 11) is 0. The van der Waals surface area contributed by atoms with Gasteiger partial charge in [0.25, 0.3) is 5.91 Å². The first-order chi connectivity index (χ1) is 11.4. The highest BCUT2D eigenvalue weighted by Crippen LogP contribution is 2.27. The van der Waals surface area contributed by atoms with Gasteiger partial charge in [-0.2, -0.15) is 0 Å². The third kappa shape index (κ3) is 2.89. The second kappa shape index (κ2) is 6.49. The van der Waals surface area contributed by atoms with Crippen molar-refractivity contribution in [1.82, 2.24) is 9.80 Å². The van der Waals surface area contributed by atoms with E-state index in [1.54, 1.807) is 17.9 Å². The molecule has 0 saturated carbocycles. The van der Waals surface area contributed by atoms with E-state index in [-0.39, 0.29) is 11.8 Å². The van der Waals surface area contributed by atoms with Gasteiger partial charge >= 0.3 is 0 Å². The van der Waals surface area contributed by atoms with E-state index in [1.807, 2.05) is 4.90 Å². The van der Waals surface area contributed by atoms with Crippen LogP contribution in [0.25, 0.3) is 0 Å². The van der Waals surface area contributed by atoms with E-state index in [0.717, 1.165) is 5.56 Å². The standard InChI is InChI=1S/C17H22FN3O3/c1-12-2-3-13(18)10-14(12)15(22)20-5-7-21(8-6-20)17(16(19)23)4-9-24-11-17/h2-3,10H,4-9,11H2,1H3,(H2,19,23). The molecule has 1 unspecified atom stereocenters. The van der Waals surface area contributed by atoms with E-state index >= 15 is 0 Å². The number of nitrogens with zero attached hydrogens (tertiary/aromatic N) is 2. The lowest BCUT2D eigenvalue weighted by atomic mass is 9.94. The molecular weight excluding hydrogens is 313 g/mol. The molecule has 6 nitrogen and oxygen atoms in total. The lowest BCUT2D eigenvalue weighted by Crippen LogP contribution is -2.63. The Kier molecular flexibility index (Phi) is 4.56. The van der Waals surface area contributed by atoms with Gasteiger partial charge in [-0.15, -0.1) is 0 Å². The van der Waals surface area contributed by atoms with E-state index in [0.29, 0.717) is 51.4 Å². The number of hydrogen-bond donors (Lipinski definition) is 1. The number of carbonyl (C=O) groups excluding carboxylic acids is 2. The maximum Gasteiger partial charge on any atom is 0.254 e. The summed E-state index contributed by atoms with van der Waals surface area (Å²) in [4.78, 5) is 28.3. The molecule has 2 aliphatic rings. The van der Waals surface area contributed by atoms with Crippen LogP contribution < -0.4 is 5.73 Å². The van der Waals surface area contributed by atoms with Crippen molar-refractivity contribution in [3.63, 3.8) is 0 Å². The van der Waals surface area contributed by atoms with E-state index in [4.69, 9.17) is 10.5 Å². The summed E-state index contributed by atoms with van der Waals surface area (Å²) in [6, 6.07) is 4.23. The Hall–Kier alpha value is -1.99. The lowest BCUT2D eigenvalue weighted by Gasteiger charge is -2.43. The minimum Gasteiger partial charge on any atom is -0.379 e. The van der Waals surface area contributed by atoms with Crippen LogP contribution in [0.3, 0.4) is 0 Å². The summed E-state index contributed by atoms with van der Waals surface area (Å²) in [5.41, 5.74) is 5.98. The van der Waals surface area contributed by atoms with Crippen molar-refractivity contribution in [2.24, 2.45) is 5.73 Å². The van der Waals surface area contributed by atoms with Crippen LogP contribution in [0.4, 0.5) is 4.39 Å². The van der Waals surface area contributed by atoms with E-state index in [9.17, 15) is 14.0 Å². The Balaban J connectivity index is 1.70. The Morgan fingerprint density at radius 1 is 1.25 bits per heavy atom. The molecule has 2 heterocycles. The molecule has 0 radical (unpaired) electrons. The van der Waals surface area contributed by atoms with Gasteiger partial charge in [-0.05, 0) is 24.6 Å². The first kappa shape index (κ1) is 16.9. The highest BCUT2D eigenvalue weighted by molar-refractivity contribution is 5.95. The molecule has 1 aromatic carbocycles. The van der Waals surface area contributed by atoms with Gasteiger partial charge in [-0.1, -0.05) is 6.07 Å². The quantitative estimate of drug-likeness (QED) is 0.875. The molecule has 2 fully saturated rings. The molecule has 24 heavy (non-hydrogen) atoms. The van der Waals surface area contributed by atoms with Crippen molar-refractivity contribution in [3.05, 3.63) is 35.1 Å². The first-order valence-corrected chi connectivity index (χ1v) is 8.12. The number of piperazine rings is 1. The predicted octanol–water partition coefficient (Wildman–Crippen LogP) is 0.536. The Morgan fingerprint density at radius 3 is 2.54 bits per heavy atom. The number of aryl methyl sites for hydroxylation is 1. The van der Waals surface area contributed by atoms with Gasteiger partial charge < -0.3 is 15.4 Å². The van der Waals surface area contributed by atoms with Crippen LogP contribution in [-0.4, -0.2) is 66.5 Å². The number of ether oxygens (including phenoxy) is 1. The molecule has 0 bridgehead atoms. The zero-order valence-corrected chi connectivity index (χ0v) is 13.8. The number of benzene rings is 1. The molecule has 0 aliphatic carbocycles. The van der Waals surface area contributed by atoms with Gasteiger partial charge in [0.15, 0.2) is 0 Å². The molecule has 7 heteroatoms. The Labute approximate surface area is 140 Å². The van der Waals surface area contributed by atoms with Gasteiger partial charge in [-0.3, -0.25) is 14.5 Å². The smallest absolute Gasteiger partial charge is 0.254 e. The number of nitrogens with two attached hydrogens (primary N) is 1. The maximum absolute atomic E-state index is 13.4. The maximum atomic E-state index is 13.4. The van der Waals surface area contributed by atoms with Crippen molar-refractivity contribution >= 4 is 11.8 Å². The predicted molar refractivity (Wildman–Crippen MR) is 86.0 cm³/mol. The van der Waals surface area contributed by atoms with Crippen LogP contribution in [0.5, 0.6) is 0 Å². The largest absolute Gasteiger partial charge is 0.379 e. The fourth-order valence-electron chi connectivity index (χ4n) is 3.49. The van der Waals surface area contributed by atoms with Crippen LogP contribution in [0.1, 0.15) is 22.3 Å². The van der Waals surface area contributed by atoms with Crippen molar-refractivity contribution in [1.29, 1.82) is 0 Å². The number of hydrogen-bond acceptors (Lipinski definition) is 4. The number of carbonyl (C=O) groups is 2. The molecule has 0 spiro atoms. The second-order valence-corrected chi connectivity index (χ2v) is 6.44. The van der Waals surface area contributed by atoms with E-state index in [1.165, 1.54) is 12.1 Å². The summed E-state index contributed by atoms with van der Waals surface area (Å²) in [6.07, 6.45) is 0.583. The second-order valence-electron chi connectivity index (χ2n) is 6.44. The zero-order chi connectivity index (χ0) is 17.3. The average Bonchev–Trinajstić information content (AvgIpc) is 3.08. The molecule has 2 saturated heterocycles. The fraction of sp³-hybridized carbons (Fsp3) is 0.529. The van der Waals surface area contributed by atoms with E-state index in [2.05, 4.69) is 0 Å². The Morgan fingerprint density at radius 2 is 1.96 bits per heavy atom. The number of halogens is 1. The normalized spacial score (nSPS) is 25.0. The average molecular weight is 335 g/mol. The molecule has 2 aliphatic heterocycles. The third-order valence-electron chi connectivity index (χ3n) is 5.06. The van der Waals surface area contributed by atoms with Gasteiger partial charge in [-0.25, -0.2) is 4.39 Å². The molecule has 0 aromatic heterocycles. The van der Waals surface area contributed by atoms with Crippen molar-refractivity contribution in [2.75, 3.05) is 39.4 Å². The highest BCUT2D eigenvalue weighted by atomic mass is 19.1. The highest BCUT2D eigenvalue weighted by Gasteiger charge is 2.47. The van der Waals surface area contributed by atoms with Gasteiger partial charge in [0.1, 0.15) is 11.4 Å². The fourth-order valence-corrected chi connectivity index (χ4v) is 3.49. The van der Waals surface area contributed by atoms with Crippen molar-refractivity contribution in [3.8, 4) is 0 Å². The summed E-state index contributed by atoms with van der Waals surface area (Å²) in [5.74, 6) is -0.971. The van der Waals surface area contributed by atoms with Gasteiger partial charge in [0.2, 0.25) is 5.91 Å². The summed E-state index contributed by atoms with van der Waals surface area (Å²) in [6.45, 7) is 4.66. The van der Waals surface area contributed by atoms with Crippen LogP contribution in [0.2, 0.25) is 0 Å².